The third-order valence-electron chi connectivity index (χ3n) is 3.19. The summed E-state index contributed by atoms with van der Waals surface area (Å²) in [5.74, 6) is -1.70. The van der Waals surface area contributed by atoms with Crippen molar-refractivity contribution in [3.63, 3.8) is 0 Å². The Kier molecular flexibility index (Phi) is 4.20. The number of nitrogens with two attached hydrogens (primary N) is 1. The summed E-state index contributed by atoms with van der Waals surface area (Å²) in [5.41, 5.74) is 5.65. The first-order valence-electron chi connectivity index (χ1n) is 5.98. The molecule has 2 rings (SSSR count). The maximum atomic E-state index is 14.0. The normalized spacial score (nSPS) is 14.1. The van der Waals surface area contributed by atoms with E-state index in [1.807, 2.05) is 0 Å². The quantitative estimate of drug-likeness (QED) is 0.827. The van der Waals surface area contributed by atoms with E-state index in [4.69, 9.17) is 5.73 Å². The molecule has 20 heavy (non-hydrogen) atoms. The van der Waals surface area contributed by atoms with Gasteiger partial charge in [0.25, 0.3) is 0 Å². The molecule has 0 aliphatic heterocycles. The molecule has 1 nitrogen and oxygen atoms in total. The largest absolute Gasteiger partial charge is 0.321 e. The third kappa shape index (κ3) is 3.04. The molecule has 2 aromatic carbocycles. The topological polar surface area (TPSA) is 26.0 Å². The maximum Gasteiger partial charge on any atom is 0.143 e. The average Bonchev–Trinajstić information content (AvgIpc) is 2.40. The second-order valence-electron chi connectivity index (χ2n) is 4.92. The minimum Gasteiger partial charge on any atom is -0.321 e. The van der Waals surface area contributed by atoms with E-state index in [1.165, 1.54) is 36.4 Å². The second kappa shape index (κ2) is 5.58. The highest BCUT2D eigenvalue weighted by atomic mass is 79.9. The number of hydrogen-bond acceptors (Lipinski definition) is 1. The molecule has 0 saturated carbocycles. The van der Waals surface area contributed by atoms with Crippen molar-refractivity contribution in [2.45, 2.75) is 18.9 Å². The first-order chi connectivity index (χ1) is 9.31. The number of benzene rings is 2. The molecule has 2 aromatic rings. The van der Waals surface area contributed by atoms with Gasteiger partial charge in [0.15, 0.2) is 0 Å². The van der Waals surface area contributed by atoms with E-state index < -0.39 is 17.2 Å². The van der Waals surface area contributed by atoms with Crippen LogP contribution in [0.1, 0.15) is 18.1 Å². The van der Waals surface area contributed by atoms with Gasteiger partial charge in [0.05, 0.1) is 4.47 Å². The van der Waals surface area contributed by atoms with Gasteiger partial charge in [-0.1, -0.05) is 12.1 Å². The molecule has 0 saturated heterocycles. The molecule has 5 heteroatoms. The standard InChI is InChI=1S/C15H13BrF3N/c1-15(20,9-2-4-10(17)5-3-9)8-11-13(18)7-6-12(16)14(11)19/h2-7H,8,20H2,1H3. The van der Waals surface area contributed by atoms with Gasteiger partial charge in [0.1, 0.15) is 17.5 Å². The summed E-state index contributed by atoms with van der Waals surface area (Å²) in [4.78, 5) is 0. The van der Waals surface area contributed by atoms with Gasteiger partial charge in [-0.3, -0.25) is 0 Å². The summed E-state index contributed by atoms with van der Waals surface area (Å²) in [6.45, 7) is 1.65. The highest BCUT2D eigenvalue weighted by Crippen LogP contribution is 2.28. The molecule has 0 amide bonds. The van der Waals surface area contributed by atoms with Gasteiger partial charge >= 0.3 is 0 Å². The van der Waals surface area contributed by atoms with Crippen molar-refractivity contribution < 1.29 is 13.2 Å². The fourth-order valence-corrected chi connectivity index (χ4v) is 2.40. The molecule has 1 atom stereocenters. The van der Waals surface area contributed by atoms with E-state index in [2.05, 4.69) is 15.9 Å². The van der Waals surface area contributed by atoms with Gasteiger partial charge in [-0.2, -0.15) is 0 Å². The molecule has 0 aliphatic carbocycles. The Hall–Kier alpha value is -1.33. The van der Waals surface area contributed by atoms with Crippen molar-refractivity contribution in [1.29, 1.82) is 0 Å². The smallest absolute Gasteiger partial charge is 0.143 e. The summed E-state index contributed by atoms with van der Waals surface area (Å²) in [7, 11) is 0. The van der Waals surface area contributed by atoms with Crippen molar-refractivity contribution in [3.8, 4) is 0 Å². The highest BCUT2D eigenvalue weighted by molar-refractivity contribution is 9.10. The zero-order valence-corrected chi connectivity index (χ0v) is 12.3. The number of rotatable bonds is 3. The second-order valence-corrected chi connectivity index (χ2v) is 5.78. The Morgan fingerprint density at radius 2 is 1.65 bits per heavy atom. The molecule has 1 unspecified atom stereocenters. The molecule has 106 valence electrons. The Morgan fingerprint density at radius 1 is 1.05 bits per heavy atom. The summed E-state index contributed by atoms with van der Waals surface area (Å²) in [5, 5.41) is 0. The van der Waals surface area contributed by atoms with Crippen LogP contribution in [0.3, 0.4) is 0 Å². The van der Waals surface area contributed by atoms with E-state index in [-0.39, 0.29) is 22.3 Å². The monoisotopic (exact) mass is 343 g/mol. The third-order valence-corrected chi connectivity index (χ3v) is 3.80. The van der Waals surface area contributed by atoms with Gasteiger partial charge < -0.3 is 5.73 Å². The molecule has 0 bridgehead atoms. The van der Waals surface area contributed by atoms with Gasteiger partial charge in [0.2, 0.25) is 0 Å². The summed E-state index contributed by atoms with van der Waals surface area (Å²) in [6.07, 6.45) is -0.0320. The molecular weight excluding hydrogens is 331 g/mol. The SMILES string of the molecule is CC(N)(Cc1c(F)ccc(Br)c1F)c1ccc(F)cc1. The lowest BCUT2D eigenvalue weighted by atomic mass is 9.86. The van der Waals surface area contributed by atoms with E-state index in [0.717, 1.165) is 0 Å². The molecule has 2 N–H and O–H groups in total. The van der Waals surface area contributed by atoms with Crippen molar-refractivity contribution in [1.82, 2.24) is 0 Å². The maximum absolute atomic E-state index is 14.0. The molecule has 0 spiro atoms. The Morgan fingerprint density at radius 3 is 2.25 bits per heavy atom. The summed E-state index contributed by atoms with van der Waals surface area (Å²) < 4.78 is 40.8. The molecular formula is C15H13BrF3N. The Balaban J connectivity index is 2.38. The van der Waals surface area contributed by atoms with Crippen LogP contribution in [0.15, 0.2) is 40.9 Å². The van der Waals surface area contributed by atoms with Crippen LogP contribution in [0, 0.1) is 17.5 Å². The van der Waals surface area contributed by atoms with Crippen LogP contribution in [-0.2, 0) is 12.0 Å². The molecule has 0 heterocycles. The molecule has 0 fully saturated rings. The van der Waals surface area contributed by atoms with Crippen LogP contribution in [0.4, 0.5) is 13.2 Å². The highest BCUT2D eigenvalue weighted by Gasteiger charge is 2.26. The zero-order chi connectivity index (χ0) is 14.9. The average molecular weight is 344 g/mol. The molecule has 0 aromatic heterocycles. The van der Waals surface area contributed by atoms with E-state index >= 15 is 0 Å². The fraction of sp³-hybridized carbons (Fsp3) is 0.200. The lowest BCUT2D eigenvalue weighted by Gasteiger charge is -2.26. The van der Waals surface area contributed by atoms with Crippen LogP contribution in [-0.4, -0.2) is 0 Å². The minimum absolute atomic E-state index is 0.0320. The van der Waals surface area contributed by atoms with Crippen molar-refractivity contribution in [2.24, 2.45) is 5.73 Å². The predicted octanol–water partition coefficient (Wildman–Crippen LogP) is 4.28. The lowest BCUT2D eigenvalue weighted by molar-refractivity contribution is 0.453. The fourth-order valence-electron chi connectivity index (χ4n) is 2.03. The first kappa shape index (κ1) is 15.1. The van der Waals surface area contributed by atoms with Crippen LogP contribution < -0.4 is 5.73 Å². The van der Waals surface area contributed by atoms with Crippen molar-refractivity contribution in [2.75, 3.05) is 0 Å². The first-order valence-corrected chi connectivity index (χ1v) is 6.78. The predicted molar refractivity (Wildman–Crippen MR) is 75.7 cm³/mol. The van der Waals surface area contributed by atoms with Gasteiger partial charge in [-0.05, 0) is 52.7 Å². The summed E-state index contributed by atoms with van der Waals surface area (Å²) in [6, 6.07) is 8.07. The van der Waals surface area contributed by atoms with Crippen LogP contribution >= 0.6 is 15.9 Å². The van der Waals surface area contributed by atoms with Crippen molar-refractivity contribution in [3.05, 3.63) is 69.4 Å². The zero-order valence-electron chi connectivity index (χ0n) is 10.8. The van der Waals surface area contributed by atoms with Crippen LogP contribution in [0.25, 0.3) is 0 Å². The minimum atomic E-state index is -1.00. The van der Waals surface area contributed by atoms with E-state index in [1.54, 1.807) is 6.92 Å². The van der Waals surface area contributed by atoms with Gasteiger partial charge in [-0.15, -0.1) is 0 Å². The Labute approximate surface area is 123 Å². The van der Waals surface area contributed by atoms with Gasteiger partial charge in [-0.25, -0.2) is 13.2 Å². The molecule has 0 aliphatic rings. The van der Waals surface area contributed by atoms with Crippen LogP contribution in [0.2, 0.25) is 0 Å². The number of halogens is 4. The lowest BCUT2D eigenvalue weighted by Crippen LogP contribution is -2.36. The van der Waals surface area contributed by atoms with Crippen LogP contribution in [0.5, 0.6) is 0 Å². The number of hydrogen-bond donors (Lipinski definition) is 1. The van der Waals surface area contributed by atoms with E-state index in [9.17, 15) is 13.2 Å². The van der Waals surface area contributed by atoms with E-state index in [0.29, 0.717) is 5.56 Å². The Bertz CT molecular complexity index is 624. The molecule has 0 radical (unpaired) electrons. The summed E-state index contributed by atoms with van der Waals surface area (Å²) >= 11 is 3.02. The van der Waals surface area contributed by atoms with Crippen molar-refractivity contribution >= 4 is 15.9 Å². The van der Waals surface area contributed by atoms with Gasteiger partial charge in [0, 0.05) is 17.5 Å².